The van der Waals surface area contributed by atoms with Crippen molar-refractivity contribution in [2.45, 2.75) is 18.1 Å². The standard InChI is InChI=1S/C7H11O2S2/c1-7(6(8)9-2)3-4-10-5-11-7/h5H,3-4H2,1-2H3. The first kappa shape index (κ1) is 9.26. The minimum atomic E-state index is -0.333. The van der Waals surface area contributed by atoms with Crippen LogP contribution in [0, 0.1) is 5.08 Å². The Balaban J connectivity index is 2.56. The van der Waals surface area contributed by atoms with Gasteiger partial charge in [0.05, 0.1) is 12.2 Å². The number of hydrogen-bond donors (Lipinski definition) is 0. The summed E-state index contributed by atoms with van der Waals surface area (Å²) in [6.45, 7) is 1.93. The lowest BCUT2D eigenvalue weighted by atomic mass is 10.1. The lowest BCUT2D eigenvalue weighted by Gasteiger charge is -2.28. The molecule has 0 saturated carbocycles. The highest BCUT2D eigenvalue weighted by atomic mass is 32.2. The number of carbonyl (C=O) groups excluding carboxylic acids is 1. The van der Waals surface area contributed by atoms with Crippen LogP contribution in [-0.4, -0.2) is 23.6 Å². The maximum absolute atomic E-state index is 11.2. The number of rotatable bonds is 1. The SMILES string of the molecule is COC(=O)C1(C)CCS[CH]S1. The van der Waals surface area contributed by atoms with Crippen LogP contribution in [0.3, 0.4) is 0 Å². The fourth-order valence-corrected chi connectivity index (χ4v) is 3.43. The molecule has 0 aromatic rings. The number of ether oxygens (including phenoxy) is 1. The van der Waals surface area contributed by atoms with Crippen LogP contribution in [0.2, 0.25) is 0 Å². The molecule has 2 nitrogen and oxygen atoms in total. The molecular formula is C7H11O2S2. The first-order valence-electron chi connectivity index (χ1n) is 3.38. The van der Waals surface area contributed by atoms with Gasteiger partial charge in [-0.1, -0.05) is 0 Å². The van der Waals surface area contributed by atoms with E-state index in [9.17, 15) is 4.79 Å². The van der Waals surface area contributed by atoms with Crippen molar-refractivity contribution in [2.24, 2.45) is 0 Å². The van der Waals surface area contributed by atoms with Gasteiger partial charge in [0.2, 0.25) is 0 Å². The third kappa shape index (κ3) is 2.06. The van der Waals surface area contributed by atoms with Crippen LogP contribution in [-0.2, 0) is 9.53 Å². The number of hydrogen-bond acceptors (Lipinski definition) is 4. The molecule has 0 bridgehead atoms. The Kier molecular flexibility index (Phi) is 3.13. The average molecular weight is 191 g/mol. The predicted octanol–water partition coefficient (Wildman–Crippen LogP) is 1.91. The van der Waals surface area contributed by atoms with E-state index in [-0.39, 0.29) is 10.7 Å². The summed E-state index contributed by atoms with van der Waals surface area (Å²) < 4.78 is 4.37. The molecule has 1 radical (unpaired) electrons. The van der Waals surface area contributed by atoms with Gasteiger partial charge in [-0.15, -0.1) is 23.5 Å². The Morgan fingerprint density at radius 2 is 2.45 bits per heavy atom. The number of methoxy groups -OCH3 is 1. The van der Waals surface area contributed by atoms with Gasteiger partial charge in [-0.2, -0.15) is 0 Å². The van der Waals surface area contributed by atoms with Gasteiger partial charge in [0.1, 0.15) is 4.75 Å². The molecule has 1 rings (SSSR count). The van der Waals surface area contributed by atoms with Crippen LogP contribution in [0.15, 0.2) is 0 Å². The van der Waals surface area contributed by atoms with Gasteiger partial charge in [-0.25, -0.2) is 0 Å². The molecule has 1 heterocycles. The second-order valence-corrected chi connectivity index (χ2v) is 5.21. The van der Waals surface area contributed by atoms with E-state index in [0.29, 0.717) is 0 Å². The first-order valence-corrected chi connectivity index (χ1v) is 5.31. The molecule has 63 valence electrons. The van der Waals surface area contributed by atoms with Crippen molar-refractivity contribution in [3.63, 3.8) is 0 Å². The third-order valence-corrected chi connectivity index (χ3v) is 3.95. The normalized spacial score (nSPS) is 31.5. The summed E-state index contributed by atoms with van der Waals surface area (Å²) in [6, 6.07) is 0. The topological polar surface area (TPSA) is 26.3 Å². The van der Waals surface area contributed by atoms with E-state index in [1.54, 1.807) is 23.5 Å². The fourth-order valence-electron chi connectivity index (χ4n) is 0.867. The van der Waals surface area contributed by atoms with E-state index in [1.165, 1.54) is 7.11 Å². The van der Waals surface area contributed by atoms with Gasteiger partial charge in [-0.3, -0.25) is 4.79 Å². The Bertz CT molecular complexity index is 153. The van der Waals surface area contributed by atoms with E-state index in [1.807, 2.05) is 12.0 Å². The number of carbonyl (C=O) groups is 1. The fraction of sp³-hybridized carbons (Fsp3) is 0.714. The van der Waals surface area contributed by atoms with Gasteiger partial charge in [0, 0.05) is 0 Å². The molecule has 0 amide bonds. The predicted molar refractivity (Wildman–Crippen MR) is 49.4 cm³/mol. The van der Waals surface area contributed by atoms with Crippen LogP contribution in [0.5, 0.6) is 0 Å². The van der Waals surface area contributed by atoms with Gasteiger partial charge in [0.15, 0.2) is 0 Å². The Morgan fingerprint density at radius 3 is 2.91 bits per heavy atom. The van der Waals surface area contributed by atoms with Crippen LogP contribution in [0.25, 0.3) is 0 Å². The summed E-state index contributed by atoms with van der Waals surface area (Å²) in [7, 11) is 1.44. The summed E-state index contributed by atoms with van der Waals surface area (Å²) in [5.41, 5.74) is 0. The lowest BCUT2D eigenvalue weighted by molar-refractivity contribution is -0.143. The van der Waals surface area contributed by atoms with Crippen LogP contribution in [0.4, 0.5) is 0 Å². The molecule has 0 N–H and O–H groups in total. The van der Waals surface area contributed by atoms with Crippen LogP contribution in [0.1, 0.15) is 13.3 Å². The largest absolute Gasteiger partial charge is 0.468 e. The highest BCUT2D eigenvalue weighted by Gasteiger charge is 2.36. The van der Waals surface area contributed by atoms with Gasteiger partial charge < -0.3 is 4.74 Å². The van der Waals surface area contributed by atoms with Crippen molar-refractivity contribution in [2.75, 3.05) is 12.9 Å². The molecule has 1 aliphatic rings. The number of esters is 1. The molecule has 11 heavy (non-hydrogen) atoms. The minimum Gasteiger partial charge on any atom is -0.468 e. The summed E-state index contributed by atoms with van der Waals surface area (Å²) in [5.74, 6) is 0.901. The van der Waals surface area contributed by atoms with Crippen LogP contribution < -0.4 is 0 Å². The Morgan fingerprint density at radius 1 is 1.73 bits per heavy atom. The molecule has 1 fully saturated rings. The Hall–Kier alpha value is 0.170. The summed E-state index contributed by atoms with van der Waals surface area (Å²) in [5, 5.41) is 2.01. The van der Waals surface area contributed by atoms with E-state index >= 15 is 0 Å². The van der Waals surface area contributed by atoms with E-state index in [0.717, 1.165) is 12.2 Å². The first-order chi connectivity index (χ1) is 5.19. The van der Waals surface area contributed by atoms with E-state index in [2.05, 4.69) is 0 Å². The average Bonchev–Trinajstić information content (AvgIpc) is 2.04. The Labute approximate surface area is 75.4 Å². The zero-order valence-electron chi connectivity index (χ0n) is 6.62. The van der Waals surface area contributed by atoms with E-state index in [4.69, 9.17) is 4.74 Å². The number of thioether (sulfide) groups is 2. The van der Waals surface area contributed by atoms with Crippen LogP contribution >= 0.6 is 23.5 Å². The zero-order chi connectivity index (χ0) is 8.32. The summed E-state index contributed by atoms with van der Waals surface area (Å²) in [6.07, 6.45) is 0.894. The van der Waals surface area contributed by atoms with Crippen molar-refractivity contribution in [1.29, 1.82) is 0 Å². The van der Waals surface area contributed by atoms with Gasteiger partial charge in [-0.05, 0) is 19.1 Å². The molecular weight excluding hydrogens is 180 g/mol. The zero-order valence-corrected chi connectivity index (χ0v) is 8.26. The maximum Gasteiger partial charge on any atom is 0.321 e. The van der Waals surface area contributed by atoms with Crippen molar-refractivity contribution < 1.29 is 9.53 Å². The third-order valence-electron chi connectivity index (χ3n) is 1.69. The molecule has 0 spiro atoms. The summed E-state index contributed by atoms with van der Waals surface area (Å²) >= 11 is 3.32. The molecule has 0 aromatic heterocycles. The van der Waals surface area contributed by atoms with Crippen molar-refractivity contribution in [1.82, 2.24) is 0 Å². The molecule has 0 aliphatic carbocycles. The molecule has 0 aromatic carbocycles. The quantitative estimate of drug-likeness (QED) is 0.591. The minimum absolute atomic E-state index is 0.112. The monoisotopic (exact) mass is 191 g/mol. The molecule has 1 aliphatic heterocycles. The van der Waals surface area contributed by atoms with Gasteiger partial charge >= 0.3 is 5.97 Å². The van der Waals surface area contributed by atoms with E-state index < -0.39 is 0 Å². The molecule has 1 unspecified atom stereocenters. The molecule has 4 heteroatoms. The van der Waals surface area contributed by atoms with Crippen molar-refractivity contribution >= 4 is 29.5 Å². The second kappa shape index (κ2) is 3.72. The summed E-state index contributed by atoms with van der Waals surface area (Å²) in [4.78, 5) is 11.2. The highest BCUT2D eigenvalue weighted by Crippen LogP contribution is 2.41. The van der Waals surface area contributed by atoms with Crippen molar-refractivity contribution in [3.05, 3.63) is 5.08 Å². The maximum atomic E-state index is 11.2. The highest BCUT2D eigenvalue weighted by molar-refractivity contribution is 8.20. The molecule has 1 saturated heterocycles. The molecule has 1 atom stereocenters. The van der Waals surface area contributed by atoms with Crippen molar-refractivity contribution in [3.8, 4) is 0 Å². The smallest absolute Gasteiger partial charge is 0.321 e. The second-order valence-electron chi connectivity index (χ2n) is 2.56. The van der Waals surface area contributed by atoms with Gasteiger partial charge in [0.25, 0.3) is 0 Å². The lowest BCUT2D eigenvalue weighted by Crippen LogP contribution is -2.34.